The molecular weight excluding hydrogens is 231 g/mol. The number of benzene rings is 1. The van der Waals surface area contributed by atoms with Gasteiger partial charge in [0.15, 0.2) is 0 Å². The molecule has 0 bridgehead atoms. The molecule has 17 heavy (non-hydrogen) atoms. The Morgan fingerprint density at radius 3 is 2.65 bits per heavy atom. The molecule has 0 heterocycles. The highest BCUT2D eigenvalue weighted by atomic mass is 19.1. The first kappa shape index (κ1) is 13.0. The second kappa shape index (κ2) is 5.83. The number of alkyl halides is 1. The first-order valence-electron chi connectivity index (χ1n) is 4.74. The van der Waals surface area contributed by atoms with Gasteiger partial charge in [-0.05, 0) is 18.2 Å². The first-order valence-corrected chi connectivity index (χ1v) is 4.74. The van der Waals surface area contributed by atoms with Gasteiger partial charge in [-0.15, -0.1) is 0 Å². The third-order valence-corrected chi connectivity index (χ3v) is 1.97. The smallest absolute Gasteiger partial charge is 0.341 e. The molecule has 1 rings (SSSR count). The highest BCUT2D eigenvalue weighted by Crippen LogP contribution is 2.21. The maximum absolute atomic E-state index is 12.0. The van der Waals surface area contributed by atoms with E-state index in [4.69, 9.17) is 9.84 Å². The lowest BCUT2D eigenvalue weighted by molar-refractivity contribution is 0.0595. The minimum Gasteiger partial charge on any atom is -0.490 e. The van der Waals surface area contributed by atoms with Crippen molar-refractivity contribution in [1.29, 1.82) is 0 Å². The van der Waals surface area contributed by atoms with Crippen molar-refractivity contribution in [2.24, 2.45) is 0 Å². The third kappa shape index (κ3) is 3.17. The van der Waals surface area contributed by atoms with Gasteiger partial charge in [0.1, 0.15) is 24.6 Å². The van der Waals surface area contributed by atoms with Crippen LogP contribution in [-0.4, -0.2) is 37.4 Å². The molecule has 1 N–H and O–H groups in total. The number of carbonyl (C=O) groups excluding carboxylic acids is 1. The molecule has 0 fully saturated rings. The fourth-order valence-electron chi connectivity index (χ4n) is 1.21. The van der Waals surface area contributed by atoms with E-state index in [1.54, 1.807) is 0 Å². The lowest BCUT2D eigenvalue weighted by atomic mass is 10.1. The van der Waals surface area contributed by atoms with E-state index in [1.807, 2.05) is 0 Å². The fraction of sp³-hybridized carbons (Fsp3) is 0.273. The van der Waals surface area contributed by atoms with Crippen LogP contribution in [0.2, 0.25) is 0 Å². The van der Waals surface area contributed by atoms with Gasteiger partial charge in [0.2, 0.25) is 0 Å². The normalized spacial score (nSPS) is 9.76. The predicted molar refractivity (Wildman–Crippen MR) is 56.2 cm³/mol. The number of hydrogen-bond donors (Lipinski definition) is 1. The number of methoxy groups -OCH3 is 1. The monoisotopic (exact) mass is 242 g/mol. The van der Waals surface area contributed by atoms with Crippen molar-refractivity contribution in [2.45, 2.75) is 0 Å². The van der Waals surface area contributed by atoms with Crippen LogP contribution >= 0.6 is 0 Å². The van der Waals surface area contributed by atoms with Crippen molar-refractivity contribution in [1.82, 2.24) is 0 Å². The molecule has 0 aliphatic rings. The number of carboxylic acid groups (broad SMARTS) is 1. The maximum Gasteiger partial charge on any atom is 0.341 e. The number of carboxylic acids is 1. The standard InChI is InChI=1S/C11H11FO5/c1-16-11(15)8-6-7(10(13)14)2-3-9(8)17-5-4-12/h2-3,6H,4-5H2,1H3,(H,13,14). The number of carbonyl (C=O) groups is 2. The van der Waals surface area contributed by atoms with E-state index in [9.17, 15) is 14.0 Å². The Bertz CT molecular complexity index is 430. The average Bonchev–Trinajstić information content (AvgIpc) is 2.35. The Morgan fingerprint density at radius 2 is 2.12 bits per heavy atom. The molecule has 0 aliphatic carbocycles. The molecule has 1 aromatic carbocycles. The number of aromatic carboxylic acids is 1. The molecule has 0 amide bonds. The molecule has 5 nitrogen and oxygen atoms in total. The molecule has 0 spiro atoms. The van der Waals surface area contributed by atoms with Crippen LogP contribution < -0.4 is 4.74 Å². The molecule has 6 heteroatoms. The molecule has 0 saturated carbocycles. The highest BCUT2D eigenvalue weighted by molar-refractivity contribution is 5.96. The van der Waals surface area contributed by atoms with Gasteiger partial charge in [-0.2, -0.15) is 0 Å². The van der Waals surface area contributed by atoms with Crippen molar-refractivity contribution in [3.8, 4) is 5.75 Å². The Labute approximate surface area is 96.8 Å². The first-order chi connectivity index (χ1) is 8.10. The Hall–Kier alpha value is -2.11. The van der Waals surface area contributed by atoms with E-state index in [0.717, 1.165) is 13.2 Å². The quantitative estimate of drug-likeness (QED) is 0.792. The van der Waals surface area contributed by atoms with Crippen LogP contribution in [0.25, 0.3) is 0 Å². The summed E-state index contributed by atoms with van der Waals surface area (Å²) in [5.74, 6) is -1.81. The van der Waals surface area contributed by atoms with E-state index in [2.05, 4.69) is 4.74 Å². The highest BCUT2D eigenvalue weighted by Gasteiger charge is 2.16. The van der Waals surface area contributed by atoms with Gasteiger partial charge >= 0.3 is 11.9 Å². The fourth-order valence-corrected chi connectivity index (χ4v) is 1.21. The van der Waals surface area contributed by atoms with Crippen molar-refractivity contribution in [3.05, 3.63) is 29.3 Å². The SMILES string of the molecule is COC(=O)c1cc(C(=O)O)ccc1OCCF. The molecule has 1 aromatic rings. The lowest BCUT2D eigenvalue weighted by Gasteiger charge is -2.09. The maximum atomic E-state index is 12.0. The van der Waals surface area contributed by atoms with Gasteiger partial charge in [-0.25, -0.2) is 14.0 Å². The molecule has 0 unspecified atom stereocenters. The third-order valence-electron chi connectivity index (χ3n) is 1.97. The zero-order chi connectivity index (χ0) is 12.8. The summed E-state index contributed by atoms with van der Waals surface area (Å²) < 4.78 is 21.4. The summed E-state index contributed by atoms with van der Waals surface area (Å²) in [6.45, 7) is -0.919. The second-order valence-corrected chi connectivity index (χ2v) is 3.05. The minimum absolute atomic E-state index is 0.0409. The van der Waals surface area contributed by atoms with Crippen LogP contribution in [0, 0.1) is 0 Å². The largest absolute Gasteiger partial charge is 0.490 e. The summed E-state index contributed by atoms with van der Waals surface area (Å²) in [7, 11) is 1.16. The molecular formula is C11H11FO5. The molecule has 0 saturated heterocycles. The van der Waals surface area contributed by atoms with Gasteiger partial charge in [0.05, 0.1) is 12.7 Å². The topological polar surface area (TPSA) is 72.8 Å². The van der Waals surface area contributed by atoms with Crippen molar-refractivity contribution >= 4 is 11.9 Å². The molecule has 92 valence electrons. The summed E-state index contributed by atoms with van der Waals surface area (Å²) in [5.41, 5.74) is -0.112. The summed E-state index contributed by atoms with van der Waals surface area (Å²) >= 11 is 0. The molecule has 0 radical (unpaired) electrons. The Kier molecular flexibility index (Phi) is 4.45. The number of ether oxygens (including phenoxy) is 2. The van der Waals surface area contributed by atoms with E-state index in [1.165, 1.54) is 12.1 Å². The number of hydrogen-bond acceptors (Lipinski definition) is 4. The van der Waals surface area contributed by atoms with Gasteiger partial charge in [0.25, 0.3) is 0 Å². The van der Waals surface area contributed by atoms with Crippen LogP contribution in [0.5, 0.6) is 5.75 Å². The van der Waals surface area contributed by atoms with Crippen LogP contribution in [0.15, 0.2) is 18.2 Å². The van der Waals surface area contributed by atoms with Gasteiger partial charge < -0.3 is 14.6 Å². The minimum atomic E-state index is -1.17. The van der Waals surface area contributed by atoms with Crippen LogP contribution in [0.4, 0.5) is 4.39 Å². The van der Waals surface area contributed by atoms with Crippen LogP contribution in [0.1, 0.15) is 20.7 Å². The molecule has 0 atom stereocenters. The number of esters is 1. The molecule has 0 aliphatic heterocycles. The van der Waals surface area contributed by atoms with E-state index in [-0.39, 0.29) is 23.5 Å². The average molecular weight is 242 g/mol. The Morgan fingerprint density at radius 1 is 1.41 bits per heavy atom. The zero-order valence-electron chi connectivity index (χ0n) is 9.10. The van der Waals surface area contributed by atoms with Crippen molar-refractivity contribution < 1.29 is 28.6 Å². The molecule has 0 aromatic heterocycles. The number of rotatable bonds is 5. The number of halogens is 1. The van der Waals surface area contributed by atoms with Gasteiger partial charge in [-0.3, -0.25) is 0 Å². The van der Waals surface area contributed by atoms with E-state index < -0.39 is 18.6 Å². The summed E-state index contributed by atoms with van der Waals surface area (Å²) in [6.07, 6.45) is 0. The van der Waals surface area contributed by atoms with Crippen molar-refractivity contribution in [2.75, 3.05) is 20.4 Å². The van der Waals surface area contributed by atoms with Crippen LogP contribution in [-0.2, 0) is 4.74 Å². The lowest BCUT2D eigenvalue weighted by Crippen LogP contribution is -2.09. The van der Waals surface area contributed by atoms with E-state index in [0.29, 0.717) is 0 Å². The summed E-state index contributed by atoms with van der Waals surface area (Å²) in [4.78, 5) is 22.1. The summed E-state index contributed by atoms with van der Waals surface area (Å²) in [6, 6.07) is 3.69. The van der Waals surface area contributed by atoms with Gasteiger partial charge in [-0.1, -0.05) is 0 Å². The van der Waals surface area contributed by atoms with Crippen LogP contribution in [0.3, 0.4) is 0 Å². The summed E-state index contributed by atoms with van der Waals surface area (Å²) in [5, 5.41) is 8.78. The Balaban J connectivity index is 3.12. The second-order valence-electron chi connectivity index (χ2n) is 3.05. The van der Waals surface area contributed by atoms with Crippen molar-refractivity contribution in [3.63, 3.8) is 0 Å². The zero-order valence-corrected chi connectivity index (χ0v) is 9.10. The van der Waals surface area contributed by atoms with E-state index >= 15 is 0 Å². The van der Waals surface area contributed by atoms with Gasteiger partial charge in [0, 0.05) is 0 Å². The predicted octanol–water partition coefficient (Wildman–Crippen LogP) is 1.52.